The van der Waals surface area contributed by atoms with Crippen molar-refractivity contribution >= 4 is 45.6 Å². The molecule has 0 saturated heterocycles. The Kier molecular flexibility index (Phi) is 5.60. The number of nitro groups is 1. The van der Waals surface area contributed by atoms with Crippen LogP contribution in [0.25, 0.3) is 6.08 Å². The third kappa shape index (κ3) is 4.70. The van der Waals surface area contributed by atoms with Crippen molar-refractivity contribution in [2.45, 2.75) is 6.04 Å². The van der Waals surface area contributed by atoms with Crippen LogP contribution in [0.5, 0.6) is 5.75 Å². The maximum Gasteiger partial charge on any atom is 0.368 e. The molecule has 1 aliphatic rings. The first kappa shape index (κ1) is 18.3. The molecule has 0 bridgehead atoms. The smallest absolute Gasteiger partial charge is 0.368 e. The maximum atomic E-state index is 11.6. The van der Waals surface area contributed by atoms with Crippen LogP contribution >= 0.6 is 15.9 Å². The number of carbonyl (C=O) groups excluding carboxylic acids is 2. The van der Waals surface area contributed by atoms with E-state index in [0.717, 1.165) is 0 Å². The number of carbonyl (C=O) groups is 3. The number of nitrogens with zero attached hydrogens (tertiary/aromatic N) is 2. The number of amidine groups is 1. The van der Waals surface area contributed by atoms with Crippen molar-refractivity contribution in [1.82, 2.24) is 5.32 Å². The molecule has 2 rings (SSSR count). The molecule has 1 heterocycles. The fourth-order valence-electron chi connectivity index (χ4n) is 1.87. The van der Waals surface area contributed by atoms with E-state index in [0.29, 0.717) is 10.0 Å². The van der Waals surface area contributed by atoms with Crippen molar-refractivity contribution in [3.05, 3.63) is 44.4 Å². The first-order valence-electron chi connectivity index (χ1n) is 6.67. The largest absolute Gasteiger partial charge is 0.481 e. The molecule has 1 aliphatic heterocycles. The summed E-state index contributed by atoms with van der Waals surface area (Å²) in [5, 5.41) is 21.5. The standard InChI is InChI=1S/C14H10BrN3O7/c15-8-2-3-9(25-6-11(19)20)7(5-8)1-4-10-16-13(21)12(18(23)24)14(22)17-10/h1-5,12H,6H2,(H,19,20)(H,16,17,21,22)/b4-1+. The van der Waals surface area contributed by atoms with E-state index in [1.165, 1.54) is 18.2 Å². The zero-order chi connectivity index (χ0) is 18.6. The van der Waals surface area contributed by atoms with Gasteiger partial charge in [0.25, 0.3) is 0 Å². The lowest BCUT2D eigenvalue weighted by molar-refractivity contribution is -0.493. The number of ether oxygens (including phenoxy) is 1. The fourth-order valence-corrected chi connectivity index (χ4v) is 2.25. The summed E-state index contributed by atoms with van der Waals surface area (Å²) in [5.74, 6) is -3.33. The molecule has 2 amide bonds. The molecule has 0 fully saturated rings. The van der Waals surface area contributed by atoms with Gasteiger partial charge in [-0.2, -0.15) is 4.99 Å². The van der Waals surface area contributed by atoms with Crippen LogP contribution in [0.15, 0.2) is 33.7 Å². The van der Waals surface area contributed by atoms with Gasteiger partial charge in [-0.05, 0) is 30.4 Å². The number of aliphatic imine (C=N–C) groups is 1. The average molecular weight is 412 g/mol. The fraction of sp³-hybridized carbons (Fsp3) is 0.143. The van der Waals surface area contributed by atoms with Crippen LogP contribution in [-0.4, -0.2) is 46.3 Å². The van der Waals surface area contributed by atoms with Crippen LogP contribution in [0.2, 0.25) is 0 Å². The van der Waals surface area contributed by atoms with Crippen molar-refractivity contribution in [2.75, 3.05) is 6.61 Å². The molecule has 10 nitrogen and oxygen atoms in total. The molecule has 0 spiro atoms. The van der Waals surface area contributed by atoms with E-state index in [1.54, 1.807) is 12.1 Å². The number of hydrogen-bond acceptors (Lipinski definition) is 6. The molecule has 1 aromatic rings. The van der Waals surface area contributed by atoms with Gasteiger partial charge in [-0.25, -0.2) is 4.79 Å². The molecule has 0 saturated carbocycles. The van der Waals surface area contributed by atoms with Gasteiger partial charge >= 0.3 is 23.8 Å². The molecule has 1 aromatic carbocycles. The van der Waals surface area contributed by atoms with Gasteiger partial charge in [0.15, 0.2) is 6.61 Å². The average Bonchev–Trinajstić information content (AvgIpc) is 2.50. The van der Waals surface area contributed by atoms with Crippen LogP contribution in [0.4, 0.5) is 0 Å². The minimum Gasteiger partial charge on any atom is -0.481 e. The highest BCUT2D eigenvalue weighted by Crippen LogP contribution is 2.24. The van der Waals surface area contributed by atoms with Gasteiger partial charge in [0.2, 0.25) is 0 Å². The highest BCUT2D eigenvalue weighted by molar-refractivity contribution is 9.10. The molecule has 1 atom stereocenters. The first-order chi connectivity index (χ1) is 11.8. The molecule has 0 radical (unpaired) electrons. The van der Waals surface area contributed by atoms with Crippen LogP contribution in [0, 0.1) is 10.1 Å². The lowest BCUT2D eigenvalue weighted by Gasteiger charge is -2.13. The third-order valence-electron chi connectivity index (χ3n) is 2.92. The SMILES string of the molecule is O=C(O)COc1ccc(Br)cc1/C=C/C1=NC(=O)C([N+](=O)[O-])C(=O)N1. The molecular formula is C14H10BrN3O7. The van der Waals surface area contributed by atoms with Gasteiger partial charge in [-0.15, -0.1) is 0 Å². The lowest BCUT2D eigenvalue weighted by Crippen LogP contribution is -2.50. The van der Waals surface area contributed by atoms with Gasteiger partial charge in [-0.1, -0.05) is 15.9 Å². The van der Waals surface area contributed by atoms with Crippen LogP contribution in [-0.2, 0) is 14.4 Å². The Morgan fingerprint density at radius 3 is 2.76 bits per heavy atom. The molecule has 11 heteroatoms. The Morgan fingerprint density at radius 2 is 2.16 bits per heavy atom. The van der Waals surface area contributed by atoms with E-state index in [4.69, 9.17) is 9.84 Å². The highest BCUT2D eigenvalue weighted by Gasteiger charge is 2.41. The van der Waals surface area contributed by atoms with Crippen molar-refractivity contribution in [3.63, 3.8) is 0 Å². The predicted octanol–water partition coefficient (Wildman–Crippen LogP) is 0.626. The number of rotatable bonds is 6. The summed E-state index contributed by atoms with van der Waals surface area (Å²) >= 11 is 3.25. The number of carboxylic acid groups (broad SMARTS) is 1. The molecule has 25 heavy (non-hydrogen) atoms. The van der Waals surface area contributed by atoms with Crippen molar-refractivity contribution in [1.29, 1.82) is 0 Å². The first-order valence-corrected chi connectivity index (χ1v) is 7.46. The second kappa shape index (κ2) is 7.66. The van der Waals surface area contributed by atoms with Gasteiger partial charge in [0.1, 0.15) is 11.6 Å². The van der Waals surface area contributed by atoms with Crippen molar-refractivity contribution < 1.29 is 29.2 Å². The Hall–Kier alpha value is -3.08. The van der Waals surface area contributed by atoms with E-state index in [1.807, 2.05) is 0 Å². The van der Waals surface area contributed by atoms with Crippen LogP contribution < -0.4 is 10.1 Å². The normalized spacial score (nSPS) is 17.2. The van der Waals surface area contributed by atoms with Crippen molar-refractivity contribution in [2.24, 2.45) is 4.99 Å². The number of aliphatic carboxylic acids is 1. The van der Waals surface area contributed by atoms with Crippen LogP contribution in [0.1, 0.15) is 5.56 Å². The summed E-state index contributed by atoms with van der Waals surface area (Å²) in [6.07, 6.45) is 2.67. The Bertz CT molecular complexity index is 819. The quantitative estimate of drug-likeness (QED) is 0.395. The number of hydrogen-bond donors (Lipinski definition) is 2. The maximum absolute atomic E-state index is 11.6. The topological polar surface area (TPSA) is 148 Å². The third-order valence-corrected chi connectivity index (χ3v) is 3.41. The summed E-state index contributed by atoms with van der Waals surface area (Å²) in [4.78, 5) is 46.8. The molecule has 1 unspecified atom stereocenters. The van der Waals surface area contributed by atoms with Crippen LogP contribution in [0.3, 0.4) is 0 Å². The Balaban J connectivity index is 2.24. The summed E-state index contributed by atoms with van der Waals surface area (Å²) in [6.45, 7) is -0.552. The highest BCUT2D eigenvalue weighted by atomic mass is 79.9. The molecule has 0 aliphatic carbocycles. The second-order valence-electron chi connectivity index (χ2n) is 4.71. The second-order valence-corrected chi connectivity index (χ2v) is 5.63. The molecule has 0 aromatic heterocycles. The molecule has 2 N–H and O–H groups in total. The Morgan fingerprint density at radius 1 is 1.44 bits per heavy atom. The summed E-state index contributed by atoms with van der Waals surface area (Å²) < 4.78 is 5.80. The minimum atomic E-state index is -2.06. The summed E-state index contributed by atoms with van der Waals surface area (Å²) in [5.41, 5.74) is 0.441. The summed E-state index contributed by atoms with van der Waals surface area (Å²) in [6, 6.07) is 2.72. The number of amides is 2. The predicted molar refractivity (Wildman–Crippen MR) is 87.7 cm³/mol. The van der Waals surface area contributed by atoms with E-state index in [9.17, 15) is 24.5 Å². The lowest BCUT2D eigenvalue weighted by atomic mass is 10.1. The van der Waals surface area contributed by atoms with E-state index < -0.39 is 35.4 Å². The monoisotopic (exact) mass is 411 g/mol. The van der Waals surface area contributed by atoms with Gasteiger partial charge in [0.05, 0.1) is 0 Å². The minimum absolute atomic E-state index is 0.169. The number of halogens is 1. The number of nitrogens with one attached hydrogen (secondary N) is 1. The van der Waals surface area contributed by atoms with Gasteiger partial charge in [0, 0.05) is 15.0 Å². The zero-order valence-corrected chi connectivity index (χ0v) is 13.9. The molecule has 130 valence electrons. The van der Waals surface area contributed by atoms with E-state index in [-0.39, 0.29) is 11.6 Å². The number of benzene rings is 1. The zero-order valence-electron chi connectivity index (χ0n) is 12.3. The summed E-state index contributed by atoms with van der Waals surface area (Å²) in [7, 11) is 0. The van der Waals surface area contributed by atoms with E-state index in [2.05, 4.69) is 26.2 Å². The van der Waals surface area contributed by atoms with Gasteiger partial charge < -0.3 is 15.2 Å². The van der Waals surface area contributed by atoms with Crippen molar-refractivity contribution in [3.8, 4) is 5.75 Å². The van der Waals surface area contributed by atoms with E-state index >= 15 is 0 Å². The Labute approximate surface area is 148 Å². The molecular weight excluding hydrogens is 402 g/mol. The van der Waals surface area contributed by atoms with Gasteiger partial charge in [-0.3, -0.25) is 19.7 Å². The number of carboxylic acids is 1.